The number of aliphatic hydroxyl groups is 1. The van der Waals surface area contributed by atoms with Crippen molar-refractivity contribution in [3.63, 3.8) is 0 Å². The average Bonchev–Trinajstić information content (AvgIpc) is 2.27. The van der Waals surface area contributed by atoms with Crippen molar-refractivity contribution in [1.29, 1.82) is 0 Å². The third kappa shape index (κ3) is 3.52. The van der Waals surface area contributed by atoms with Crippen molar-refractivity contribution in [1.82, 2.24) is 0 Å². The van der Waals surface area contributed by atoms with Gasteiger partial charge in [0.2, 0.25) is 0 Å². The van der Waals surface area contributed by atoms with Crippen LogP contribution in [0.3, 0.4) is 0 Å². The predicted molar refractivity (Wildman–Crippen MR) is 55.3 cm³/mol. The topological polar surface area (TPSA) is 38.7 Å². The molecule has 0 spiro atoms. The lowest BCUT2D eigenvalue weighted by Gasteiger charge is -2.15. The van der Waals surface area contributed by atoms with Crippen LogP contribution < -0.4 is 9.47 Å². The predicted octanol–water partition coefficient (Wildman–Crippen LogP) is 2.17. The molecule has 17 heavy (non-hydrogen) atoms. The van der Waals surface area contributed by atoms with Gasteiger partial charge in [-0.2, -0.15) is 13.2 Å². The maximum Gasteiger partial charge on any atom is 0.414 e. The molecule has 0 heterocycles. The van der Waals surface area contributed by atoms with Crippen molar-refractivity contribution >= 4 is 0 Å². The highest BCUT2D eigenvalue weighted by atomic mass is 19.4. The van der Waals surface area contributed by atoms with Crippen LogP contribution in [-0.2, 0) is 6.42 Å². The van der Waals surface area contributed by atoms with E-state index >= 15 is 0 Å². The first-order valence-electron chi connectivity index (χ1n) is 4.84. The Kier molecular flexibility index (Phi) is 4.22. The van der Waals surface area contributed by atoms with E-state index in [0.717, 1.165) is 0 Å². The largest absolute Gasteiger partial charge is 0.493 e. The first kappa shape index (κ1) is 13.6. The average molecular weight is 250 g/mol. The van der Waals surface area contributed by atoms with Crippen molar-refractivity contribution in [3.05, 3.63) is 23.8 Å². The Labute approximate surface area is 96.8 Å². The van der Waals surface area contributed by atoms with E-state index in [9.17, 15) is 13.2 Å². The van der Waals surface area contributed by atoms with Crippen molar-refractivity contribution in [2.24, 2.45) is 0 Å². The molecule has 1 rings (SSSR count). The molecular weight excluding hydrogens is 237 g/mol. The first-order chi connectivity index (χ1) is 7.88. The van der Waals surface area contributed by atoms with Gasteiger partial charge >= 0.3 is 6.18 Å². The standard InChI is InChI=1S/C11H13F3O3/c1-16-8-4-3-7(5-9(8)17-2)6-10(15)11(12,13)14/h3-5,10,15H,6H2,1-2H3. The van der Waals surface area contributed by atoms with Gasteiger partial charge in [-0.1, -0.05) is 6.07 Å². The van der Waals surface area contributed by atoms with Crippen molar-refractivity contribution < 1.29 is 27.8 Å². The van der Waals surface area contributed by atoms with Gasteiger partial charge in [0.15, 0.2) is 17.6 Å². The molecule has 1 aromatic rings. The van der Waals surface area contributed by atoms with E-state index in [4.69, 9.17) is 14.6 Å². The molecule has 0 fully saturated rings. The SMILES string of the molecule is COc1ccc(CC(O)C(F)(F)F)cc1OC. The number of ether oxygens (including phenoxy) is 2. The van der Waals surface area contributed by atoms with Crippen LogP contribution in [0.4, 0.5) is 13.2 Å². The number of halogens is 3. The van der Waals surface area contributed by atoms with Crippen molar-refractivity contribution in [2.45, 2.75) is 18.7 Å². The Morgan fingerprint density at radius 3 is 2.24 bits per heavy atom. The number of methoxy groups -OCH3 is 2. The molecule has 0 amide bonds. The second-order valence-corrected chi connectivity index (χ2v) is 3.45. The molecule has 0 bridgehead atoms. The summed E-state index contributed by atoms with van der Waals surface area (Å²) in [5.74, 6) is 0.761. The summed E-state index contributed by atoms with van der Waals surface area (Å²) in [6.45, 7) is 0. The van der Waals surface area contributed by atoms with E-state index in [-0.39, 0.29) is 0 Å². The summed E-state index contributed by atoms with van der Waals surface area (Å²) in [5.41, 5.74) is 0.326. The molecule has 0 aromatic heterocycles. The highest BCUT2D eigenvalue weighted by Crippen LogP contribution is 2.29. The minimum atomic E-state index is -4.62. The van der Waals surface area contributed by atoms with Gasteiger partial charge < -0.3 is 14.6 Å². The quantitative estimate of drug-likeness (QED) is 0.890. The van der Waals surface area contributed by atoms with Gasteiger partial charge in [-0.05, 0) is 17.7 Å². The monoisotopic (exact) mass is 250 g/mol. The Bertz CT molecular complexity index is 377. The number of alkyl halides is 3. The normalized spacial score (nSPS) is 13.3. The number of benzene rings is 1. The second-order valence-electron chi connectivity index (χ2n) is 3.45. The van der Waals surface area contributed by atoms with Gasteiger partial charge in [-0.15, -0.1) is 0 Å². The molecule has 0 aliphatic carbocycles. The molecule has 0 saturated heterocycles. The van der Waals surface area contributed by atoms with Gasteiger partial charge in [0.05, 0.1) is 14.2 Å². The lowest BCUT2D eigenvalue weighted by molar-refractivity contribution is -0.203. The minimum absolute atomic E-state index is 0.326. The zero-order valence-electron chi connectivity index (χ0n) is 9.41. The van der Waals surface area contributed by atoms with Gasteiger partial charge in [0, 0.05) is 6.42 Å². The summed E-state index contributed by atoms with van der Waals surface area (Å²) < 4.78 is 46.4. The number of aliphatic hydroxyl groups excluding tert-OH is 1. The fourth-order valence-electron chi connectivity index (χ4n) is 1.35. The van der Waals surface area contributed by atoms with Crippen LogP contribution in [0.5, 0.6) is 11.5 Å². The van der Waals surface area contributed by atoms with E-state index < -0.39 is 18.7 Å². The number of hydrogen-bond donors (Lipinski definition) is 1. The molecule has 3 nitrogen and oxygen atoms in total. The van der Waals surface area contributed by atoms with Gasteiger partial charge in [-0.25, -0.2) is 0 Å². The Balaban J connectivity index is 2.86. The van der Waals surface area contributed by atoms with Crippen LogP contribution in [-0.4, -0.2) is 31.6 Å². The van der Waals surface area contributed by atoms with E-state index in [2.05, 4.69) is 0 Å². The fourth-order valence-corrected chi connectivity index (χ4v) is 1.35. The smallest absolute Gasteiger partial charge is 0.414 e. The molecule has 1 aromatic carbocycles. The number of rotatable bonds is 4. The molecule has 6 heteroatoms. The maximum absolute atomic E-state index is 12.2. The maximum atomic E-state index is 12.2. The third-order valence-corrected chi connectivity index (χ3v) is 2.25. The first-order valence-corrected chi connectivity index (χ1v) is 4.84. The molecule has 0 aliphatic rings. The summed E-state index contributed by atoms with van der Waals surface area (Å²) in [4.78, 5) is 0. The fraction of sp³-hybridized carbons (Fsp3) is 0.455. The van der Waals surface area contributed by atoms with Crippen LogP contribution >= 0.6 is 0 Å². The van der Waals surface area contributed by atoms with Crippen LogP contribution in [0.25, 0.3) is 0 Å². The highest BCUT2D eigenvalue weighted by molar-refractivity contribution is 5.43. The molecule has 1 N–H and O–H groups in total. The lowest BCUT2D eigenvalue weighted by Crippen LogP contribution is -2.30. The Hall–Kier alpha value is -1.43. The number of hydrogen-bond acceptors (Lipinski definition) is 3. The Morgan fingerprint density at radius 1 is 1.18 bits per heavy atom. The lowest BCUT2D eigenvalue weighted by atomic mass is 10.1. The van der Waals surface area contributed by atoms with E-state index in [1.807, 2.05) is 0 Å². The van der Waals surface area contributed by atoms with Crippen molar-refractivity contribution in [3.8, 4) is 11.5 Å². The van der Waals surface area contributed by atoms with Crippen LogP contribution in [0.15, 0.2) is 18.2 Å². The van der Waals surface area contributed by atoms with Gasteiger partial charge in [-0.3, -0.25) is 0 Å². The molecule has 0 aliphatic heterocycles. The highest BCUT2D eigenvalue weighted by Gasteiger charge is 2.38. The minimum Gasteiger partial charge on any atom is -0.493 e. The van der Waals surface area contributed by atoms with Crippen LogP contribution in [0.2, 0.25) is 0 Å². The summed E-state index contributed by atoms with van der Waals surface area (Å²) in [5, 5.41) is 8.93. The molecule has 1 unspecified atom stereocenters. The van der Waals surface area contributed by atoms with Crippen molar-refractivity contribution in [2.75, 3.05) is 14.2 Å². The molecule has 0 radical (unpaired) electrons. The molecule has 0 saturated carbocycles. The Morgan fingerprint density at radius 2 is 1.76 bits per heavy atom. The van der Waals surface area contributed by atoms with Crippen LogP contribution in [0, 0.1) is 0 Å². The molecule has 96 valence electrons. The van der Waals surface area contributed by atoms with E-state index in [1.165, 1.54) is 32.4 Å². The molecular formula is C11H13F3O3. The summed E-state index contributed by atoms with van der Waals surface area (Å²) in [6, 6.07) is 4.36. The third-order valence-electron chi connectivity index (χ3n) is 2.25. The van der Waals surface area contributed by atoms with Gasteiger partial charge in [0.1, 0.15) is 0 Å². The summed E-state index contributed by atoms with van der Waals surface area (Å²) >= 11 is 0. The zero-order chi connectivity index (χ0) is 13.1. The van der Waals surface area contributed by atoms with Crippen LogP contribution in [0.1, 0.15) is 5.56 Å². The zero-order valence-corrected chi connectivity index (χ0v) is 9.41. The summed E-state index contributed by atoms with van der Waals surface area (Å²) in [6.07, 6.45) is -7.50. The second kappa shape index (κ2) is 5.27. The van der Waals surface area contributed by atoms with E-state index in [0.29, 0.717) is 17.1 Å². The van der Waals surface area contributed by atoms with Gasteiger partial charge in [0.25, 0.3) is 0 Å². The summed E-state index contributed by atoms with van der Waals surface area (Å²) in [7, 11) is 2.82. The molecule has 1 atom stereocenters. The van der Waals surface area contributed by atoms with E-state index in [1.54, 1.807) is 0 Å².